The van der Waals surface area contributed by atoms with Gasteiger partial charge in [0.25, 0.3) is 11.8 Å². The topological polar surface area (TPSA) is 85.9 Å². The van der Waals surface area contributed by atoms with Gasteiger partial charge >= 0.3 is 0 Å². The maximum Gasteiger partial charge on any atom is 0.279 e. The second-order valence-electron chi connectivity index (χ2n) is 5.81. The number of carbonyl (C=O) groups excluding carboxylic acids is 2. The molecule has 0 bridgehead atoms. The first-order valence-corrected chi connectivity index (χ1v) is 9.42. The first kappa shape index (κ1) is 21.3. The van der Waals surface area contributed by atoms with E-state index in [1.54, 1.807) is 18.2 Å². The molecule has 2 aromatic rings. The normalized spacial score (nSPS) is 10.6. The average molecular weight is 404 g/mol. The van der Waals surface area contributed by atoms with E-state index in [1.807, 2.05) is 19.9 Å². The van der Waals surface area contributed by atoms with E-state index in [2.05, 4.69) is 10.9 Å². The van der Waals surface area contributed by atoms with E-state index in [0.717, 1.165) is 16.9 Å². The molecule has 0 radical (unpaired) electrons. The predicted octanol–water partition coefficient (Wildman–Crippen LogP) is 3.12. The van der Waals surface area contributed by atoms with E-state index in [9.17, 15) is 9.59 Å². The molecule has 7 nitrogen and oxygen atoms in total. The van der Waals surface area contributed by atoms with Gasteiger partial charge in [-0.05, 0) is 48.7 Å². The Kier molecular flexibility index (Phi) is 7.45. The molecule has 1 aromatic carbocycles. The molecule has 1 aromatic heterocycles. The zero-order valence-electron chi connectivity index (χ0n) is 16.5. The first-order chi connectivity index (χ1) is 13.4. The van der Waals surface area contributed by atoms with Crippen molar-refractivity contribution in [3.8, 4) is 17.2 Å². The molecule has 1 heterocycles. The molecule has 0 fully saturated rings. The Bertz CT molecular complexity index is 864. The number of hydrogen-bond acceptors (Lipinski definition) is 6. The Morgan fingerprint density at radius 1 is 1.04 bits per heavy atom. The smallest absolute Gasteiger partial charge is 0.279 e. The first-order valence-electron chi connectivity index (χ1n) is 8.61. The quantitative estimate of drug-likeness (QED) is 0.547. The fourth-order valence-electron chi connectivity index (χ4n) is 2.57. The molecule has 0 aliphatic heterocycles. The summed E-state index contributed by atoms with van der Waals surface area (Å²) in [5, 5.41) is 0. The van der Waals surface area contributed by atoms with Gasteiger partial charge in [0, 0.05) is 11.0 Å². The van der Waals surface area contributed by atoms with Crippen LogP contribution in [0.2, 0.25) is 0 Å². The monoisotopic (exact) mass is 404 g/mol. The van der Waals surface area contributed by atoms with E-state index in [1.165, 1.54) is 38.7 Å². The lowest BCUT2D eigenvalue weighted by atomic mass is 10.1. The van der Waals surface area contributed by atoms with Crippen LogP contribution in [0, 0.1) is 6.92 Å². The van der Waals surface area contributed by atoms with Crippen molar-refractivity contribution in [2.75, 3.05) is 21.3 Å². The van der Waals surface area contributed by atoms with Crippen LogP contribution in [-0.4, -0.2) is 33.1 Å². The Morgan fingerprint density at radius 2 is 1.68 bits per heavy atom. The molecule has 0 aliphatic carbocycles. The Balaban J connectivity index is 2.02. The summed E-state index contributed by atoms with van der Waals surface area (Å²) < 4.78 is 15.8. The number of methoxy groups -OCH3 is 3. The molecule has 0 saturated carbocycles. The van der Waals surface area contributed by atoms with Crippen molar-refractivity contribution in [2.45, 2.75) is 20.3 Å². The highest BCUT2D eigenvalue weighted by Crippen LogP contribution is 2.38. The molecule has 2 amide bonds. The molecule has 2 N–H and O–H groups in total. The van der Waals surface area contributed by atoms with Gasteiger partial charge in [-0.15, -0.1) is 11.3 Å². The van der Waals surface area contributed by atoms with Crippen LogP contribution < -0.4 is 25.1 Å². The van der Waals surface area contributed by atoms with Crippen LogP contribution in [0.15, 0.2) is 24.3 Å². The lowest BCUT2D eigenvalue weighted by Crippen LogP contribution is -2.40. The van der Waals surface area contributed by atoms with Gasteiger partial charge in [0.1, 0.15) is 0 Å². The molecule has 0 unspecified atom stereocenters. The zero-order valence-corrected chi connectivity index (χ0v) is 17.4. The molecular weight excluding hydrogens is 380 g/mol. The Morgan fingerprint density at radius 3 is 2.18 bits per heavy atom. The van der Waals surface area contributed by atoms with Crippen LogP contribution in [0.4, 0.5) is 0 Å². The van der Waals surface area contributed by atoms with Gasteiger partial charge in [0.2, 0.25) is 5.75 Å². The summed E-state index contributed by atoms with van der Waals surface area (Å²) in [4.78, 5) is 25.9. The minimum Gasteiger partial charge on any atom is -0.493 e. The summed E-state index contributed by atoms with van der Waals surface area (Å²) >= 11 is 1.42. The Labute approximate surface area is 168 Å². The average Bonchev–Trinajstić information content (AvgIpc) is 3.10. The second-order valence-corrected chi connectivity index (χ2v) is 6.94. The largest absolute Gasteiger partial charge is 0.493 e. The van der Waals surface area contributed by atoms with Gasteiger partial charge in [-0.3, -0.25) is 20.4 Å². The predicted molar refractivity (Wildman–Crippen MR) is 109 cm³/mol. The van der Waals surface area contributed by atoms with Crippen LogP contribution in [-0.2, 0) is 11.2 Å². The third-order valence-electron chi connectivity index (χ3n) is 3.98. The third-order valence-corrected chi connectivity index (χ3v) is 5.36. The van der Waals surface area contributed by atoms with Gasteiger partial charge in [-0.25, -0.2) is 0 Å². The molecule has 0 saturated heterocycles. The Hall–Kier alpha value is -3.00. The minimum absolute atomic E-state index is 0.345. The number of hydrogen-bond donors (Lipinski definition) is 2. The van der Waals surface area contributed by atoms with Crippen molar-refractivity contribution in [1.82, 2.24) is 10.9 Å². The molecule has 0 aliphatic rings. The maximum absolute atomic E-state index is 12.2. The number of benzene rings is 1. The van der Waals surface area contributed by atoms with E-state index in [-0.39, 0.29) is 5.91 Å². The molecular formula is C20H24N2O5S. The number of aryl methyl sites for hydroxylation is 2. The summed E-state index contributed by atoms with van der Waals surface area (Å²) in [6, 6.07) is 5.24. The van der Waals surface area contributed by atoms with Crippen LogP contribution >= 0.6 is 11.3 Å². The van der Waals surface area contributed by atoms with Crippen molar-refractivity contribution in [2.24, 2.45) is 0 Å². The highest BCUT2D eigenvalue weighted by Gasteiger charge is 2.13. The summed E-state index contributed by atoms with van der Waals surface area (Å²) in [5.74, 6) is 0.620. The molecule has 2 rings (SSSR count). The summed E-state index contributed by atoms with van der Waals surface area (Å²) in [7, 11) is 4.55. The summed E-state index contributed by atoms with van der Waals surface area (Å²) in [5.41, 5.74) is 6.54. The standard InChI is InChI=1S/C20H24N2O5S/c1-6-16-12(2)9-17(28-16)20(24)22-21-18(23)8-7-13-10-14(25-3)19(27-5)15(11-13)26-4/h7-11H,6H2,1-5H3,(H,21,23)(H,22,24)/b8-7+. The number of rotatable bonds is 7. The van der Waals surface area contributed by atoms with Crippen molar-refractivity contribution in [3.63, 3.8) is 0 Å². The minimum atomic E-state index is -0.467. The zero-order chi connectivity index (χ0) is 20.7. The van der Waals surface area contributed by atoms with E-state index in [0.29, 0.717) is 27.7 Å². The van der Waals surface area contributed by atoms with E-state index >= 15 is 0 Å². The second kappa shape index (κ2) is 9.80. The number of ether oxygens (including phenoxy) is 3. The van der Waals surface area contributed by atoms with Crippen LogP contribution in [0.1, 0.15) is 32.6 Å². The number of hydrazine groups is 1. The highest BCUT2D eigenvalue weighted by atomic mass is 32.1. The summed E-state index contributed by atoms with van der Waals surface area (Å²) in [6.45, 7) is 4.00. The molecule has 150 valence electrons. The van der Waals surface area contributed by atoms with Crippen molar-refractivity contribution >= 4 is 29.2 Å². The van der Waals surface area contributed by atoms with Crippen LogP contribution in [0.25, 0.3) is 6.08 Å². The van der Waals surface area contributed by atoms with Gasteiger partial charge < -0.3 is 14.2 Å². The van der Waals surface area contributed by atoms with Crippen LogP contribution in [0.5, 0.6) is 17.2 Å². The molecule has 0 spiro atoms. The van der Waals surface area contributed by atoms with Crippen molar-refractivity contribution in [1.29, 1.82) is 0 Å². The van der Waals surface area contributed by atoms with E-state index < -0.39 is 5.91 Å². The van der Waals surface area contributed by atoms with Crippen LogP contribution in [0.3, 0.4) is 0 Å². The summed E-state index contributed by atoms with van der Waals surface area (Å²) in [6.07, 6.45) is 3.75. The number of nitrogens with one attached hydrogen (secondary N) is 2. The van der Waals surface area contributed by atoms with Crippen molar-refractivity contribution < 1.29 is 23.8 Å². The fourth-order valence-corrected chi connectivity index (χ4v) is 3.58. The number of amides is 2. The van der Waals surface area contributed by atoms with Gasteiger partial charge in [0.05, 0.1) is 26.2 Å². The molecule has 28 heavy (non-hydrogen) atoms. The van der Waals surface area contributed by atoms with Gasteiger partial charge in [-0.1, -0.05) is 6.92 Å². The van der Waals surface area contributed by atoms with E-state index in [4.69, 9.17) is 14.2 Å². The van der Waals surface area contributed by atoms with Gasteiger partial charge in [-0.2, -0.15) is 0 Å². The SMILES string of the molecule is CCc1sc(C(=O)NNC(=O)/C=C/c2cc(OC)c(OC)c(OC)c2)cc1C. The van der Waals surface area contributed by atoms with Gasteiger partial charge in [0.15, 0.2) is 11.5 Å². The number of carbonyl (C=O) groups is 2. The molecule has 8 heteroatoms. The maximum atomic E-state index is 12.2. The lowest BCUT2D eigenvalue weighted by Gasteiger charge is -2.12. The molecule has 0 atom stereocenters. The lowest BCUT2D eigenvalue weighted by molar-refractivity contribution is -0.117. The number of thiophene rings is 1. The fraction of sp³-hybridized carbons (Fsp3) is 0.300. The van der Waals surface area contributed by atoms with Crippen molar-refractivity contribution in [3.05, 3.63) is 45.2 Å². The highest BCUT2D eigenvalue weighted by molar-refractivity contribution is 7.14. The third kappa shape index (κ3) is 5.04.